The number of fused-ring (bicyclic) bond motifs is 3. The Morgan fingerprint density at radius 1 is 1.24 bits per heavy atom. The Hall–Kier alpha value is -2.82. The molecule has 0 fully saturated rings. The predicted molar refractivity (Wildman–Crippen MR) is 122 cm³/mol. The number of carbonyl (C=O) groups is 1. The molecular formula is C24H26FIN5O2-. The normalized spacial score (nSPS) is 20.2. The Morgan fingerprint density at radius 2 is 2.12 bits per heavy atom. The van der Waals surface area contributed by atoms with Crippen molar-refractivity contribution < 1.29 is 35.1 Å². The Bertz CT molecular complexity index is 1200. The van der Waals surface area contributed by atoms with Gasteiger partial charge in [-0.1, -0.05) is 0 Å². The Morgan fingerprint density at radius 3 is 2.97 bits per heavy atom. The molecule has 2 aromatic heterocycles. The van der Waals surface area contributed by atoms with Crippen LogP contribution in [0.4, 0.5) is 21.5 Å². The number of ether oxygens (including phenoxy) is 1. The van der Waals surface area contributed by atoms with Crippen molar-refractivity contribution in [2.45, 2.75) is 17.3 Å². The number of alkyl halides is 2. The summed E-state index contributed by atoms with van der Waals surface area (Å²) in [5.74, 6) is 0.0567. The second-order valence-corrected chi connectivity index (χ2v) is 11.8. The number of para-hydroxylation sites is 1. The molecule has 0 saturated carbocycles. The van der Waals surface area contributed by atoms with Crippen LogP contribution in [0.1, 0.15) is 33.3 Å². The van der Waals surface area contributed by atoms with Gasteiger partial charge in [0.2, 0.25) is 0 Å². The molecule has 174 valence electrons. The minimum absolute atomic E-state index is 0.110. The van der Waals surface area contributed by atoms with Gasteiger partial charge in [-0.25, -0.2) is 0 Å². The third-order valence-corrected chi connectivity index (χ3v) is 9.44. The van der Waals surface area contributed by atoms with Crippen LogP contribution in [-0.4, -0.2) is 40.5 Å². The molecule has 33 heavy (non-hydrogen) atoms. The van der Waals surface area contributed by atoms with Gasteiger partial charge >= 0.3 is 203 Å². The first-order valence-electron chi connectivity index (χ1n) is 11.0. The molecule has 2 atom stereocenters. The molecule has 2 aliphatic heterocycles. The van der Waals surface area contributed by atoms with Crippen LogP contribution in [-0.2, 0) is 0 Å². The zero-order valence-electron chi connectivity index (χ0n) is 18.5. The molecule has 0 aliphatic carbocycles. The Balaban J connectivity index is 1.72. The summed E-state index contributed by atoms with van der Waals surface area (Å²) in [5.41, 5.74) is 5.25. The fourth-order valence-electron chi connectivity index (χ4n) is 4.29. The molecule has 0 spiro atoms. The number of pyridine rings is 1. The number of aromatic nitrogens is 2. The van der Waals surface area contributed by atoms with E-state index in [9.17, 15) is 9.18 Å². The molecule has 4 N–H and O–H groups in total. The molecule has 1 amide bonds. The summed E-state index contributed by atoms with van der Waals surface area (Å²) >= 11 is -0.167. The van der Waals surface area contributed by atoms with Gasteiger partial charge in [0.15, 0.2) is 0 Å². The second kappa shape index (κ2) is 9.20. The predicted octanol–water partition coefficient (Wildman–Crippen LogP) is 1.29. The zero-order chi connectivity index (χ0) is 22.9. The monoisotopic (exact) mass is 562 g/mol. The van der Waals surface area contributed by atoms with Gasteiger partial charge in [-0.3, -0.25) is 0 Å². The fourth-order valence-corrected chi connectivity index (χ4v) is 7.91. The van der Waals surface area contributed by atoms with Crippen molar-refractivity contribution in [3.8, 4) is 17.0 Å². The van der Waals surface area contributed by atoms with Crippen LogP contribution in [0.2, 0.25) is 0 Å². The number of carbonyl (C=O) groups excluding carboxylic acids is 1. The average Bonchev–Trinajstić information content (AvgIpc) is 3.19. The van der Waals surface area contributed by atoms with Crippen LogP contribution in [0.15, 0.2) is 36.7 Å². The van der Waals surface area contributed by atoms with Crippen molar-refractivity contribution in [3.05, 3.63) is 53.7 Å². The molecule has 9 heteroatoms. The van der Waals surface area contributed by atoms with Gasteiger partial charge in [-0.05, 0) is 0 Å². The number of anilines is 3. The third kappa shape index (κ3) is 4.14. The van der Waals surface area contributed by atoms with Crippen molar-refractivity contribution in [1.82, 2.24) is 15.3 Å². The van der Waals surface area contributed by atoms with Gasteiger partial charge in [0.1, 0.15) is 0 Å². The van der Waals surface area contributed by atoms with Gasteiger partial charge in [-0.2, -0.15) is 0 Å². The van der Waals surface area contributed by atoms with Crippen molar-refractivity contribution >= 4 is 23.0 Å². The van der Waals surface area contributed by atoms with Crippen molar-refractivity contribution in [3.63, 3.8) is 0 Å². The third-order valence-electron chi connectivity index (χ3n) is 6.07. The van der Waals surface area contributed by atoms with Crippen molar-refractivity contribution in [1.29, 1.82) is 0 Å². The number of aromatic amines is 1. The van der Waals surface area contributed by atoms with Crippen LogP contribution in [0, 0.1) is 11.7 Å². The summed E-state index contributed by atoms with van der Waals surface area (Å²) < 4.78 is 21.2. The fraction of sp³-hybridized carbons (Fsp3) is 0.333. The van der Waals surface area contributed by atoms with E-state index in [1.165, 1.54) is 17.6 Å². The van der Waals surface area contributed by atoms with Crippen molar-refractivity contribution in [2.75, 3.05) is 35.3 Å². The molecule has 3 aromatic rings. The summed E-state index contributed by atoms with van der Waals surface area (Å²) in [5, 5.41) is 9.96. The van der Waals surface area contributed by atoms with E-state index in [1.807, 2.05) is 12.3 Å². The van der Waals surface area contributed by atoms with Crippen LogP contribution < -0.4 is 41.9 Å². The Labute approximate surface area is 202 Å². The van der Waals surface area contributed by atoms with Gasteiger partial charge in [0, 0.05) is 0 Å². The number of hydrogen-bond acceptors (Lipinski definition) is 5. The second-order valence-electron chi connectivity index (χ2n) is 8.33. The molecule has 2 unspecified atom stereocenters. The van der Waals surface area contributed by atoms with E-state index < -0.39 is 5.82 Å². The standard InChI is InChI=1S/C24H26FIN5O2/c1-13-6-8-26-16-11-29-24(32)19-21(16)31-20(14-7-9-27-12-18(14)28-10-13)22(19)30-17-5-3-4-15(25)23(17)33-2/h3-5,7,9,12-13,16,28,30-31H,6,8,10-11H2,1-2H3,(H,29,32)/q-1. The number of rotatable bonds is 3. The number of methoxy groups -OCH3 is 1. The van der Waals surface area contributed by atoms with E-state index in [-0.39, 0.29) is 32.9 Å². The molecule has 4 heterocycles. The van der Waals surface area contributed by atoms with Gasteiger partial charge in [0.05, 0.1) is 0 Å². The number of nitrogens with zero attached hydrogens (tertiary/aromatic N) is 1. The van der Waals surface area contributed by atoms with E-state index in [0.29, 0.717) is 33.3 Å². The first-order valence-corrected chi connectivity index (χ1v) is 13.7. The molecule has 2 bridgehead atoms. The molecule has 1 aromatic carbocycles. The summed E-state index contributed by atoms with van der Waals surface area (Å²) in [4.78, 5) is 21.0. The van der Waals surface area contributed by atoms with Crippen LogP contribution in [0.25, 0.3) is 11.3 Å². The molecular weight excluding hydrogens is 536 g/mol. The number of nitrogens with one attached hydrogen (secondary N) is 4. The first-order chi connectivity index (χ1) is 16.1. The summed E-state index contributed by atoms with van der Waals surface area (Å²) in [6, 6.07) is 6.66. The number of benzene rings is 1. The van der Waals surface area contributed by atoms with E-state index in [0.717, 1.165) is 35.6 Å². The SMILES string of the molecule is COc1c(F)cccc1Nc1c2[nH]c3c1C(=O)NCC3[I-]CCC(C)CNc1cnccc1-2. The van der Waals surface area contributed by atoms with E-state index >= 15 is 0 Å². The summed E-state index contributed by atoms with van der Waals surface area (Å²) in [6.45, 7) is 3.77. The van der Waals surface area contributed by atoms with Crippen LogP contribution in [0.3, 0.4) is 0 Å². The minimum atomic E-state index is -0.465. The number of amides is 1. The van der Waals surface area contributed by atoms with E-state index in [1.54, 1.807) is 18.3 Å². The topological polar surface area (TPSA) is 91.1 Å². The van der Waals surface area contributed by atoms with Crippen molar-refractivity contribution in [2.24, 2.45) is 5.92 Å². The maximum atomic E-state index is 14.4. The summed E-state index contributed by atoms with van der Waals surface area (Å²) in [6.07, 6.45) is 4.70. The molecule has 2 aliphatic rings. The summed E-state index contributed by atoms with van der Waals surface area (Å²) in [7, 11) is 1.44. The molecule has 0 radical (unpaired) electrons. The zero-order valence-corrected chi connectivity index (χ0v) is 20.6. The molecule has 0 saturated heterocycles. The number of hydrogen-bond donors (Lipinski definition) is 4. The quantitative estimate of drug-likeness (QED) is 0.286. The van der Waals surface area contributed by atoms with Gasteiger partial charge in [-0.15, -0.1) is 0 Å². The first kappa shape index (κ1) is 22.0. The maximum absolute atomic E-state index is 14.4. The van der Waals surface area contributed by atoms with Gasteiger partial charge < -0.3 is 0 Å². The van der Waals surface area contributed by atoms with Crippen LogP contribution in [0.5, 0.6) is 5.75 Å². The molecule has 5 rings (SSSR count). The van der Waals surface area contributed by atoms with E-state index in [4.69, 9.17) is 4.74 Å². The van der Waals surface area contributed by atoms with Crippen LogP contribution >= 0.6 is 0 Å². The average molecular weight is 562 g/mol. The van der Waals surface area contributed by atoms with E-state index in [2.05, 4.69) is 32.8 Å². The Kier molecular flexibility index (Phi) is 6.13. The van der Waals surface area contributed by atoms with Gasteiger partial charge in [0.25, 0.3) is 0 Å². The number of H-pyrrole nitrogens is 1. The molecule has 7 nitrogen and oxygen atoms in total. The number of halogens is 2.